The summed E-state index contributed by atoms with van der Waals surface area (Å²) in [6.45, 7) is 8.10. The van der Waals surface area contributed by atoms with Gasteiger partial charge in [-0.2, -0.15) is 4.98 Å². The molecular formula is C19H26ClN10O2P. The molecule has 4 rings (SSSR count). The molecule has 12 nitrogen and oxygen atoms in total. The van der Waals surface area contributed by atoms with Crippen molar-refractivity contribution in [3.05, 3.63) is 23.3 Å². The minimum Gasteiger partial charge on any atom is -0.478 e. The third-order valence-corrected chi connectivity index (χ3v) is 6.40. The Labute approximate surface area is 197 Å². The van der Waals surface area contributed by atoms with Gasteiger partial charge in [-0.1, -0.05) is 24.6 Å². The average molecular weight is 493 g/mol. The number of likely N-dealkylation sites (N-methyl/N-ethyl adjacent to an activating group) is 1. The molecule has 1 saturated heterocycles. The van der Waals surface area contributed by atoms with Crippen LogP contribution in [0.25, 0.3) is 0 Å². The standard InChI is InChI=1S/C19H26ClN10O2P/c1-29-5-7-30(8-6-29)19-28-27-13(32-19)10-23-18-22-9-12(20)15(26-18)25-16-17(31-2)24-14(11-21-16)33(3)4/h9,11H,5-8,10H2,1-4H3,(H2,21,22,23,25,26). The van der Waals surface area contributed by atoms with Gasteiger partial charge < -0.3 is 29.6 Å². The molecule has 0 unspecified atom stereocenters. The highest BCUT2D eigenvalue weighted by Gasteiger charge is 2.19. The number of nitrogens with one attached hydrogen (secondary N) is 2. The van der Waals surface area contributed by atoms with E-state index in [1.807, 2.05) is 0 Å². The van der Waals surface area contributed by atoms with Crippen molar-refractivity contribution in [1.29, 1.82) is 0 Å². The molecule has 0 aliphatic carbocycles. The summed E-state index contributed by atoms with van der Waals surface area (Å²) in [6.07, 6.45) is 3.21. The Morgan fingerprint density at radius 1 is 1.09 bits per heavy atom. The fourth-order valence-corrected chi connectivity index (χ4v) is 3.77. The van der Waals surface area contributed by atoms with Crippen molar-refractivity contribution in [2.24, 2.45) is 0 Å². The minimum absolute atomic E-state index is 0.274. The molecule has 0 spiro atoms. The number of ether oxygens (including phenoxy) is 1. The number of halogens is 1. The van der Waals surface area contributed by atoms with E-state index in [2.05, 4.69) is 70.9 Å². The van der Waals surface area contributed by atoms with Crippen molar-refractivity contribution in [3.8, 4) is 5.88 Å². The maximum absolute atomic E-state index is 6.29. The van der Waals surface area contributed by atoms with Crippen LogP contribution < -0.4 is 25.7 Å². The van der Waals surface area contributed by atoms with E-state index in [0.29, 0.717) is 40.4 Å². The van der Waals surface area contributed by atoms with Crippen molar-refractivity contribution in [3.63, 3.8) is 0 Å². The maximum atomic E-state index is 6.29. The molecule has 1 fully saturated rings. The predicted molar refractivity (Wildman–Crippen MR) is 129 cm³/mol. The van der Waals surface area contributed by atoms with E-state index < -0.39 is 7.92 Å². The molecule has 14 heteroatoms. The molecule has 2 N–H and O–H groups in total. The molecule has 1 aliphatic rings. The molecule has 33 heavy (non-hydrogen) atoms. The highest BCUT2D eigenvalue weighted by Crippen LogP contribution is 2.29. The first-order valence-electron chi connectivity index (χ1n) is 10.3. The molecular weight excluding hydrogens is 467 g/mol. The Kier molecular flexibility index (Phi) is 7.36. The Balaban J connectivity index is 1.42. The van der Waals surface area contributed by atoms with E-state index in [9.17, 15) is 0 Å². The minimum atomic E-state index is -0.401. The van der Waals surface area contributed by atoms with Crippen LogP contribution in [0.3, 0.4) is 0 Å². The van der Waals surface area contributed by atoms with Gasteiger partial charge in [0.25, 0.3) is 5.88 Å². The van der Waals surface area contributed by atoms with Crippen LogP contribution in [-0.4, -0.2) is 88.7 Å². The van der Waals surface area contributed by atoms with Gasteiger partial charge in [0.1, 0.15) is 5.02 Å². The lowest BCUT2D eigenvalue weighted by Gasteiger charge is -2.30. The summed E-state index contributed by atoms with van der Waals surface area (Å²) in [6, 6.07) is 0.524. The van der Waals surface area contributed by atoms with Crippen LogP contribution in [0.1, 0.15) is 5.89 Å². The second-order valence-corrected chi connectivity index (χ2v) is 10.3. The second-order valence-electron chi connectivity index (χ2n) is 7.62. The van der Waals surface area contributed by atoms with Gasteiger partial charge in [0.15, 0.2) is 11.6 Å². The van der Waals surface area contributed by atoms with Crippen LogP contribution in [0.15, 0.2) is 16.8 Å². The van der Waals surface area contributed by atoms with Crippen molar-refractivity contribution in [2.45, 2.75) is 6.54 Å². The fraction of sp³-hybridized carbons (Fsp3) is 0.474. The Morgan fingerprint density at radius 2 is 1.88 bits per heavy atom. The van der Waals surface area contributed by atoms with Crippen molar-refractivity contribution < 1.29 is 9.15 Å². The van der Waals surface area contributed by atoms with Gasteiger partial charge >= 0.3 is 6.01 Å². The molecule has 0 atom stereocenters. The van der Waals surface area contributed by atoms with E-state index in [0.717, 1.165) is 31.6 Å². The first kappa shape index (κ1) is 23.3. The normalized spacial score (nSPS) is 14.5. The van der Waals surface area contributed by atoms with Crippen LogP contribution in [-0.2, 0) is 6.54 Å². The number of hydrogen-bond acceptors (Lipinski definition) is 12. The molecule has 3 aromatic rings. The third kappa shape index (κ3) is 5.76. The van der Waals surface area contributed by atoms with Gasteiger partial charge in [-0.15, -0.1) is 5.10 Å². The van der Waals surface area contributed by atoms with E-state index in [-0.39, 0.29) is 6.54 Å². The zero-order valence-electron chi connectivity index (χ0n) is 18.9. The van der Waals surface area contributed by atoms with E-state index in [1.54, 1.807) is 13.3 Å². The van der Waals surface area contributed by atoms with Gasteiger partial charge in [-0.3, -0.25) is 0 Å². The van der Waals surface area contributed by atoms with Crippen LogP contribution >= 0.6 is 19.5 Å². The predicted octanol–water partition coefficient (Wildman–Crippen LogP) is 1.79. The van der Waals surface area contributed by atoms with Gasteiger partial charge in [-0.05, 0) is 20.4 Å². The number of nitrogens with zero attached hydrogens (tertiary/aromatic N) is 8. The zero-order chi connectivity index (χ0) is 23.4. The van der Waals surface area contributed by atoms with Gasteiger partial charge in [0, 0.05) is 26.2 Å². The SMILES string of the molecule is COc1nc(P(C)C)cnc1Nc1nc(NCc2nnc(N3CCN(C)CC3)o2)ncc1Cl. The number of piperazine rings is 1. The van der Waals surface area contributed by atoms with E-state index in [1.165, 1.54) is 6.20 Å². The van der Waals surface area contributed by atoms with Gasteiger partial charge in [0.2, 0.25) is 11.8 Å². The molecule has 0 amide bonds. The summed E-state index contributed by atoms with van der Waals surface area (Å²) in [5.74, 6) is 1.94. The lowest BCUT2D eigenvalue weighted by Crippen LogP contribution is -2.44. The molecule has 1 aliphatic heterocycles. The highest BCUT2D eigenvalue weighted by atomic mass is 35.5. The van der Waals surface area contributed by atoms with Crippen molar-refractivity contribution in [2.75, 3.05) is 69.2 Å². The summed E-state index contributed by atoms with van der Waals surface area (Å²) < 4.78 is 11.2. The van der Waals surface area contributed by atoms with Crippen LogP contribution in [0.5, 0.6) is 5.88 Å². The number of hydrogen-bond donors (Lipinski definition) is 2. The Hall–Kier alpha value is -2.82. The van der Waals surface area contributed by atoms with E-state index >= 15 is 0 Å². The molecule has 0 aromatic carbocycles. The maximum Gasteiger partial charge on any atom is 0.318 e. The largest absolute Gasteiger partial charge is 0.478 e. The fourth-order valence-electron chi connectivity index (χ4n) is 3.06. The summed E-state index contributed by atoms with van der Waals surface area (Å²) in [5, 5.41) is 14.7. The number of methoxy groups -OCH3 is 1. The molecule has 0 bridgehead atoms. The molecule has 3 aromatic heterocycles. The molecule has 176 valence electrons. The average Bonchev–Trinajstić information content (AvgIpc) is 3.29. The summed E-state index contributed by atoms with van der Waals surface area (Å²) in [4.78, 5) is 21.9. The lowest BCUT2D eigenvalue weighted by atomic mass is 10.3. The molecule has 4 heterocycles. The van der Waals surface area contributed by atoms with Crippen molar-refractivity contribution >= 4 is 48.6 Å². The van der Waals surface area contributed by atoms with Crippen LogP contribution in [0, 0.1) is 0 Å². The second kappa shape index (κ2) is 10.4. The first-order valence-corrected chi connectivity index (χ1v) is 12.9. The Bertz CT molecular complexity index is 1090. The van der Waals surface area contributed by atoms with Gasteiger partial charge in [-0.25, -0.2) is 15.0 Å². The summed E-state index contributed by atoms with van der Waals surface area (Å²) in [5.41, 5.74) is 0.888. The lowest BCUT2D eigenvalue weighted by molar-refractivity contribution is 0.304. The van der Waals surface area contributed by atoms with Crippen LogP contribution in [0.4, 0.5) is 23.6 Å². The van der Waals surface area contributed by atoms with Gasteiger partial charge in [0.05, 0.1) is 31.5 Å². The van der Waals surface area contributed by atoms with Crippen LogP contribution in [0.2, 0.25) is 5.02 Å². The third-order valence-electron chi connectivity index (χ3n) is 4.99. The quantitative estimate of drug-likeness (QED) is 0.444. The Morgan fingerprint density at radius 3 is 2.61 bits per heavy atom. The highest BCUT2D eigenvalue weighted by molar-refractivity contribution is 7.63. The number of rotatable bonds is 8. The smallest absolute Gasteiger partial charge is 0.318 e. The first-order chi connectivity index (χ1) is 15.9. The monoisotopic (exact) mass is 492 g/mol. The topological polar surface area (TPSA) is 130 Å². The number of anilines is 4. The number of aromatic nitrogens is 6. The van der Waals surface area contributed by atoms with E-state index in [4.69, 9.17) is 20.8 Å². The summed E-state index contributed by atoms with van der Waals surface area (Å²) in [7, 11) is 3.24. The molecule has 0 radical (unpaired) electrons. The summed E-state index contributed by atoms with van der Waals surface area (Å²) >= 11 is 6.29. The van der Waals surface area contributed by atoms with Crippen molar-refractivity contribution in [1.82, 2.24) is 35.0 Å². The zero-order valence-corrected chi connectivity index (χ0v) is 20.6. The molecule has 0 saturated carbocycles.